The van der Waals surface area contributed by atoms with Gasteiger partial charge in [-0.3, -0.25) is 4.79 Å². The van der Waals surface area contributed by atoms with Gasteiger partial charge in [0.2, 0.25) is 15.9 Å². The number of hydrogen-bond acceptors (Lipinski definition) is 4. The molecule has 29 heavy (non-hydrogen) atoms. The van der Waals surface area contributed by atoms with Crippen LogP contribution in [0.2, 0.25) is 5.02 Å². The Labute approximate surface area is 175 Å². The lowest BCUT2D eigenvalue weighted by Gasteiger charge is -2.30. The average molecular weight is 443 g/mol. The Kier molecular flexibility index (Phi) is 7.62. The molecule has 0 bridgehead atoms. The molecule has 0 unspecified atom stereocenters. The van der Waals surface area contributed by atoms with E-state index in [0.29, 0.717) is 5.56 Å². The predicted octanol–water partition coefficient (Wildman–Crippen LogP) is 3.58. The normalized spacial score (nSPS) is 12.9. The fraction of sp³-hybridized carbons (Fsp3) is 0.350. The summed E-state index contributed by atoms with van der Waals surface area (Å²) in [5.74, 6) is -1.38. The second-order valence-electron chi connectivity index (χ2n) is 7.02. The molecule has 0 saturated heterocycles. The quantitative estimate of drug-likeness (QED) is 0.642. The number of primary amides is 1. The zero-order valence-electron chi connectivity index (χ0n) is 16.4. The lowest BCUT2D eigenvalue weighted by Crippen LogP contribution is -2.48. The molecule has 2 rings (SSSR count). The molecule has 0 aliphatic rings. The highest BCUT2D eigenvalue weighted by atomic mass is 35.5. The number of carbonyl (C=O) groups is 1. The fourth-order valence-corrected chi connectivity index (χ4v) is 4.83. The molecule has 0 aliphatic carbocycles. The number of amides is 1. The summed E-state index contributed by atoms with van der Waals surface area (Å²) in [7, 11) is -2.81. The van der Waals surface area contributed by atoms with Crippen molar-refractivity contribution in [2.24, 2.45) is 11.7 Å². The second-order valence-corrected chi connectivity index (χ2v) is 9.35. The number of halogens is 2. The minimum Gasteiger partial charge on any atom is -0.494 e. The van der Waals surface area contributed by atoms with E-state index in [1.54, 1.807) is 6.07 Å². The average Bonchev–Trinajstić information content (AvgIpc) is 2.64. The van der Waals surface area contributed by atoms with Crippen LogP contribution in [0.1, 0.15) is 25.8 Å². The Balaban J connectivity index is 2.55. The van der Waals surface area contributed by atoms with Gasteiger partial charge in [-0.15, -0.1) is 0 Å². The van der Waals surface area contributed by atoms with E-state index in [9.17, 15) is 17.6 Å². The van der Waals surface area contributed by atoms with E-state index in [0.717, 1.165) is 4.31 Å². The van der Waals surface area contributed by atoms with E-state index >= 15 is 0 Å². The topological polar surface area (TPSA) is 89.7 Å². The van der Waals surface area contributed by atoms with Gasteiger partial charge in [0.25, 0.3) is 0 Å². The first-order chi connectivity index (χ1) is 13.6. The largest absolute Gasteiger partial charge is 0.494 e. The maximum atomic E-state index is 14.1. The number of nitrogens with two attached hydrogens (primary N) is 1. The number of methoxy groups -OCH3 is 1. The maximum Gasteiger partial charge on any atom is 0.244 e. The van der Waals surface area contributed by atoms with Crippen LogP contribution in [0.5, 0.6) is 5.75 Å². The van der Waals surface area contributed by atoms with Gasteiger partial charge in [-0.2, -0.15) is 4.31 Å². The Morgan fingerprint density at radius 2 is 1.93 bits per heavy atom. The predicted molar refractivity (Wildman–Crippen MR) is 110 cm³/mol. The van der Waals surface area contributed by atoms with E-state index in [4.69, 9.17) is 22.1 Å². The van der Waals surface area contributed by atoms with Crippen molar-refractivity contribution in [1.82, 2.24) is 4.31 Å². The molecule has 0 fully saturated rings. The third kappa shape index (κ3) is 5.68. The van der Waals surface area contributed by atoms with Crippen molar-refractivity contribution in [3.05, 3.63) is 58.9 Å². The van der Waals surface area contributed by atoms with Crippen molar-refractivity contribution in [2.75, 3.05) is 7.11 Å². The van der Waals surface area contributed by atoms with Gasteiger partial charge in [-0.1, -0.05) is 37.6 Å². The minimum absolute atomic E-state index is 0.00263. The summed E-state index contributed by atoms with van der Waals surface area (Å²) in [6.07, 6.45) is 0.216. The first-order valence-corrected chi connectivity index (χ1v) is 10.8. The van der Waals surface area contributed by atoms with Crippen molar-refractivity contribution in [2.45, 2.75) is 37.8 Å². The molecule has 0 heterocycles. The van der Waals surface area contributed by atoms with Crippen molar-refractivity contribution in [3.63, 3.8) is 0 Å². The van der Waals surface area contributed by atoms with Crippen molar-refractivity contribution < 1.29 is 22.3 Å². The zero-order valence-corrected chi connectivity index (χ0v) is 18.0. The standard InChI is InChI=1S/C20H24ClFN2O4S/c1-13(2)9-18(20(23)25)24(12-14-7-8-19(28-3)17(22)10-14)29(26,27)16-6-4-5-15(21)11-16/h4-8,10-11,13,18H,9,12H2,1-3H3,(H2,23,25)/t18-/m1/s1. The summed E-state index contributed by atoms with van der Waals surface area (Å²) in [6, 6.07) is 8.73. The van der Waals surface area contributed by atoms with Crippen LogP contribution in [0.25, 0.3) is 0 Å². The van der Waals surface area contributed by atoms with E-state index in [2.05, 4.69) is 0 Å². The molecule has 158 valence electrons. The molecule has 1 amide bonds. The summed E-state index contributed by atoms with van der Waals surface area (Å²) in [5, 5.41) is 0.237. The highest BCUT2D eigenvalue weighted by Crippen LogP contribution is 2.27. The summed E-state index contributed by atoms with van der Waals surface area (Å²) in [5.41, 5.74) is 5.91. The monoisotopic (exact) mass is 442 g/mol. The third-order valence-electron chi connectivity index (χ3n) is 4.33. The SMILES string of the molecule is COc1ccc(CN([C@H](CC(C)C)C(N)=O)S(=O)(=O)c2cccc(Cl)c2)cc1F. The molecule has 0 radical (unpaired) electrons. The third-order valence-corrected chi connectivity index (χ3v) is 6.41. The number of rotatable bonds is 9. The van der Waals surface area contributed by atoms with E-state index in [1.807, 2.05) is 13.8 Å². The lowest BCUT2D eigenvalue weighted by molar-refractivity contribution is -0.122. The Hall–Kier alpha value is -2.16. The number of carbonyl (C=O) groups excluding carboxylic acids is 1. The summed E-state index contributed by atoms with van der Waals surface area (Å²) in [4.78, 5) is 12.1. The fourth-order valence-electron chi connectivity index (χ4n) is 2.94. The molecule has 9 heteroatoms. The minimum atomic E-state index is -4.15. The highest BCUT2D eigenvalue weighted by molar-refractivity contribution is 7.89. The van der Waals surface area contributed by atoms with Gasteiger partial charge in [0.05, 0.1) is 12.0 Å². The number of ether oxygens (including phenoxy) is 1. The number of hydrogen-bond donors (Lipinski definition) is 1. The van der Waals surface area contributed by atoms with Crippen molar-refractivity contribution in [1.29, 1.82) is 0 Å². The van der Waals surface area contributed by atoms with Gasteiger partial charge in [-0.05, 0) is 48.2 Å². The lowest BCUT2D eigenvalue weighted by atomic mass is 10.0. The first kappa shape index (κ1) is 23.1. The van der Waals surface area contributed by atoms with Crippen LogP contribution in [0.15, 0.2) is 47.4 Å². The molecule has 6 nitrogen and oxygen atoms in total. The van der Waals surface area contributed by atoms with Crippen LogP contribution < -0.4 is 10.5 Å². The molecule has 0 saturated carbocycles. The van der Waals surface area contributed by atoms with E-state index in [-0.39, 0.29) is 34.6 Å². The molecule has 1 atom stereocenters. The van der Waals surface area contributed by atoms with Crippen LogP contribution in [0, 0.1) is 11.7 Å². The van der Waals surface area contributed by atoms with Crippen LogP contribution in [0.3, 0.4) is 0 Å². The molecule has 0 aliphatic heterocycles. The number of benzene rings is 2. The summed E-state index contributed by atoms with van der Waals surface area (Å²) >= 11 is 5.96. The van der Waals surface area contributed by atoms with Crippen LogP contribution in [-0.4, -0.2) is 31.8 Å². The molecular weight excluding hydrogens is 419 g/mol. The smallest absolute Gasteiger partial charge is 0.244 e. The first-order valence-electron chi connectivity index (χ1n) is 8.95. The molecule has 2 N–H and O–H groups in total. The molecule has 0 aromatic heterocycles. The van der Waals surface area contributed by atoms with Gasteiger partial charge in [0, 0.05) is 11.6 Å². The van der Waals surface area contributed by atoms with Crippen LogP contribution in [0.4, 0.5) is 4.39 Å². The maximum absolute atomic E-state index is 14.1. The Bertz CT molecular complexity index is 982. The van der Waals surface area contributed by atoms with Gasteiger partial charge in [0.1, 0.15) is 6.04 Å². The second kappa shape index (κ2) is 9.56. The number of nitrogens with zero attached hydrogens (tertiary/aromatic N) is 1. The Morgan fingerprint density at radius 1 is 1.24 bits per heavy atom. The summed E-state index contributed by atoms with van der Waals surface area (Å²) in [6.45, 7) is 3.47. The van der Waals surface area contributed by atoms with E-state index < -0.39 is 27.8 Å². The van der Waals surface area contributed by atoms with Crippen LogP contribution >= 0.6 is 11.6 Å². The van der Waals surface area contributed by atoms with Gasteiger partial charge < -0.3 is 10.5 Å². The molecule has 2 aromatic rings. The van der Waals surface area contributed by atoms with Gasteiger partial charge in [-0.25, -0.2) is 12.8 Å². The number of sulfonamides is 1. The molecule has 0 spiro atoms. The Morgan fingerprint density at radius 3 is 2.45 bits per heavy atom. The van der Waals surface area contributed by atoms with Gasteiger partial charge >= 0.3 is 0 Å². The van der Waals surface area contributed by atoms with Gasteiger partial charge in [0.15, 0.2) is 11.6 Å². The zero-order chi connectivity index (χ0) is 21.8. The van der Waals surface area contributed by atoms with E-state index in [1.165, 1.54) is 43.5 Å². The molecular formula is C20H24ClFN2O4S. The van der Waals surface area contributed by atoms with Crippen molar-refractivity contribution in [3.8, 4) is 5.75 Å². The highest BCUT2D eigenvalue weighted by Gasteiger charge is 2.35. The van der Waals surface area contributed by atoms with Crippen molar-refractivity contribution >= 4 is 27.5 Å². The summed E-state index contributed by atoms with van der Waals surface area (Å²) < 4.78 is 46.8. The molecule has 2 aromatic carbocycles. The van der Waals surface area contributed by atoms with Crippen LogP contribution in [-0.2, 0) is 21.4 Å².